The molecule has 152 valence electrons. The largest absolute Gasteiger partial charge is 0.350 e. The average Bonchev–Trinajstić information content (AvgIpc) is 3.47. The molecule has 0 aliphatic rings. The summed E-state index contributed by atoms with van der Waals surface area (Å²) in [4.78, 5) is 21.2. The van der Waals surface area contributed by atoms with Crippen LogP contribution < -0.4 is 5.32 Å². The van der Waals surface area contributed by atoms with E-state index in [0.717, 1.165) is 28.2 Å². The molecule has 2 aromatic carbocycles. The third-order valence-corrected chi connectivity index (χ3v) is 5.63. The Hall–Kier alpha value is -3.32. The first kappa shape index (κ1) is 20.0. The van der Waals surface area contributed by atoms with Gasteiger partial charge in [0.1, 0.15) is 5.01 Å². The van der Waals surface area contributed by atoms with Crippen molar-refractivity contribution in [2.75, 3.05) is 0 Å². The number of amides is 1. The molecule has 0 saturated heterocycles. The maximum Gasteiger partial charge on any atom is 0.227 e. The number of hydrogen-bond donors (Lipinski definition) is 1. The lowest BCUT2D eigenvalue weighted by atomic mass is 10.1. The minimum absolute atomic E-state index is 0.0729. The van der Waals surface area contributed by atoms with E-state index >= 15 is 0 Å². The number of carbonyl (C=O) groups excluding carboxylic acids is 1. The van der Waals surface area contributed by atoms with E-state index in [4.69, 9.17) is 4.52 Å². The van der Waals surface area contributed by atoms with Crippen molar-refractivity contribution in [3.63, 3.8) is 0 Å². The number of nitrogens with one attached hydrogen (secondary N) is 1. The Kier molecular flexibility index (Phi) is 6.29. The summed E-state index contributed by atoms with van der Waals surface area (Å²) in [5.41, 5.74) is 4.10. The topological polar surface area (TPSA) is 80.9 Å². The van der Waals surface area contributed by atoms with E-state index in [1.165, 1.54) is 5.56 Å². The number of hydrogen-bond acceptors (Lipinski definition) is 6. The van der Waals surface area contributed by atoms with Crippen LogP contribution in [0.3, 0.4) is 0 Å². The number of aryl methyl sites for hydroxylation is 2. The minimum atomic E-state index is -0.0729. The van der Waals surface area contributed by atoms with E-state index in [0.29, 0.717) is 24.7 Å². The van der Waals surface area contributed by atoms with Crippen molar-refractivity contribution in [1.82, 2.24) is 20.4 Å². The summed E-state index contributed by atoms with van der Waals surface area (Å²) >= 11 is 1.57. The molecule has 0 saturated carbocycles. The van der Waals surface area contributed by atoms with Crippen molar-refractivity contribution in [3.05, 3.63) is 77.1 Å². The Bertz CT molecular complexity index is 1100. The second-order valence-electron chi connectivity index (χ2n) is 6.85. The molecule has 4 aromatic rings. The predicted molar refractivity (Wildman–Crippen MR) is 117 cm³/mol. The molecule has 0 aliphatic heterocycles. The molecular formula is C23H22N4O2S. The fraction of sp³-hybridized carbons (Fsp3) is 0.217. The van der Waals surface area contributed by atoms with E-state index in [1.54, 1.807) is 11.3 Å². The zero-order valence-electron chi connectivity index (χ0n) is 16.7. The van der Waals surface area contributed by atoms with Gasteiger partial charge in [-0.05, 0) is 12.0 Å². The fourth-order valence-electron chi connectivity index (χ4n) is 2.96. The number of rotatable bonds is 8. The molecule has 4 rings (SSSR count). The van der Waals surface area contributed by atoms with Crippen molar-refractivity contribution in [2.45, 2.75) is 32.7 Å². The van der Waals surface area contributed by atoms with Gasteiger partial charge < -0.3 is 9.84 Å². The molecule has 1 N–H and O–H groups in total. The summed E-state index contributed by atoms with van der Waals surface area (Å²) in [6.07, 6.45) is 1.67. The first-order valence-corrected chi connectivity index (χ1v) is 10.8. The van der Waals surface area contributed by atoms with Gasteiger partial charge in [0.2, 0.25) is 17.6 Å². The molecule has 0 bridgehead atoms. The number of carbonyl (C=O) groups is 1. The summed E-state index contributed by atoms with van der Waals surface area (Å²) in [5, 5.41) is 9.84. The van der Waals surface area contributed by atoms with Crippen LogP contribution in [0.1, 0.15) is 30.5 Å². The normalized spacial score (nSPS) is 10.8. The van der Waals surface area contributed by atoms with Crippen molar-refractivity contribution >= 4 is 17.2 Å². The fourth-order valence-corrected chi connectivity index (χ4v) is 3.79. The second kappa shape index (κ2) is 9.45. The molecule has 1 amide bonds. The Morgan fingerprint density at radius 1 is 1.03 bits per heavy atom. The second-order valence-corrected chi connectivity index (χ2v) is 7.71. The van der Waals surface area contributed by atoms with E-state index < -0.39 is 0 Å². The molecule has 0 radical (unpaired) electrons. The van der Waals surface area contributed by atoms with Gasteiger partial charge in [0.25, 0.3) is 0 Å². The van der Waals surface area contributed by atoms with Crippen LogP contribution >= 0.6 is 11.3 Å². The van der Waals surface area contributed by atoms with E-state index in [1.807, 2.05) is 47.8 Å². The van der Waals surface area contributed by atoms with Crippen LogP contribution in [0.5, 0.6) is 0 Å². The van der Waals surface area contributed by atoms with Gasteiger partial charge in [-0.3, -0.25) is 4.79 Å². The Balaban J connectivity index is 1.26. The maximum atomic E-state index is 12.2. The van der Waals surface area contributed by atoms with Gasteiger partial charge in [-0.25, -0.2) is 4.98 Å². The summed E-state index contributed by atoms with van der Waals surface area (Å²) in [6, 6.07) is 18.1. The molecule has 0 aliphatic carbocycles. The number of thiazole rings is 1. The summed E-state index contributed by atoms with van der Waals surface area (Å²) in [5.74, 6) is 0.931. The van der Waals surface area contributed by atoms with E-state index in [9.17, 15) is 4.79 Å². The zero-order valence-corrected chi connectivity index (χ0v) is 17.5. The molecule has 2 aromatic heterocycles. The van der Waals surface area contributed by atoms with Crippen molar-refractivity contribution in [3.8, 4) is 22.0 Å². The molecular weight excluding hydrogens is 396 g/mol. The van der Waals surface area contributed by atoms with Gasteiger partial charge in [0, 0.05) is 29.3 Å². The van der Waals surface area contributed by atoms with Crippen LogP contribution in [-0.4, -0.2) is 21.0 Å². The number of aromatic nitrogens is 3. The highest BCUT2D eigenvalue weighted by molar-refractivity contribution is 7.13. The van der Waals surface area contributed by atoms with Crippen molar-refractivity contribution < 1.29 is 9.32 Å². The standard InChI is InChI=1S/C23H22N4O2S/c1-2-16-8-10-17(11-9-16)22-26-21(29-27-22)13-12-20(28)24-14-19-15-30-23(25-19)18-6-4-3-5-7-18/h3-11,15H,2,12-14H2,1H3,(H,24,28). The number of nitrogens with zero attached hydrogens (tertiary/aromatic N) is 3. The van der Waals surface area contributed by atoms with Crippen LogP contribution in [0.4, 0.5) is 0 Å². The Morgan fingerprint density at radius 2 is 1.83 bits per heavy atom. The first-order chi connectivity index (χ1) is 14.7. The van der Waals surface area contributed by atoms with Crippen LogP contribution in [0.15, 0.2) is 64.5 Å². The lowest BCUT2D eigenvalue weighted by Gasteiger charge is -2.01. The summed E-state index contributed by atoms with van der Waals surface area (Å²) in [7, 11) is 0. The predicted octanol–water partition coefficient (Wildman–Crippen LogP) is 4.67. The molecule has 0 unspecified atom stereocenters. The van der Waals surface area contributed by atoms with Gasteiger partial charge in [-0.1, -0.05) is 66.7 Å². The highest BCUT2D eigenvalue weighted by Gasteiger charge is 2.11. The monoisotopic (exact) mass is 418 g/mol. The molecule has 2 heterocycles. The molecule has 6 nitrogen and oxygen atoms in total. The van der Waals surface area contributed by atoms with Crippen LogP contribution in [0, 0.1) is 0 Å². The van der Waals surface area contributed by atoms with Gasteiger partial charge in [-0.15, -0.1) is 11.3 Å². The third kappa shape index (κ3) is 4.99. The van der Waals surface area contributed by atoms with E-state index in [-0.39, 0.29) is 12.3 Å². The van der Waals surface area contributed by atoms with Crippen LogP contribution in [0.25, 0.3) is 22.0 Å². The van der Waals surface area contributed by atoms with Gasteiger partial charge in [-0.2, -0.15) is 4.98 Å². The average molecular weight is 419 g/mol. The Morgan fingerprint density at radius 3 is 2.60 bits per heavy atom. The highest BCUT2D eigenvalue weighted by atomic mass is 32.1. The lowest BCUT2D eigenvalue weighted by molar-refractivity contribution is -0.121. The van der Waals surface area contributed by atoms with Crippen molar-refractivity contribution in [1.29, 1.82) is 0 Å². The van der Waals surface area contributed by atoms with Gasteiger partial charge >= 0.3 is 0 Å². The molecule has 0 spiro atoms. The highest BCUT2D eigenvalue weighted by Crippen LogP contribution is 2.23. The number of benzene rings is 2. The first-order valence-electron chi connectivity index (χ1n) is 9.89. The van der Waals surface area contributed by atoms with Gasteiger partial charge in [0.05, 0.1) is 12.2 Å². The zero-order chi connectivity index (χ0) is 20.8. The summed E-state index contributed by atoms with van der Waals surface area (Å²) < 4.78 is 5.29. The quantitative estimate of drug-likeness (QED) is 0.450. The Labute approximate surface area is 179 Å². The molecule has 30 heavy (non-hydrogen) atoms. The smallest absolute Gasteiger partial charge is 0.227 e. The third-order valence-electron chi connectivity index (χ3n) is 4.69. The maximum absolute atomic E-state index is 12.2. The SMILES string of the molecule is CCc1ccc(-c2noc(CCC(=O)NCc3csc(-c4ccccc4)n3)n2)cc1. The minimum Gasteiger partial charge on any atom is -0.350 e. The molecule has 0 atom stereocenters. The molecule has 0 fully saturated rings. The molecule has 7 heteroatoms. The van der Waals surface area contributed by atoms with E-state index in [2.05, 4.69) is 39.5 Å². The van der Waals surface area contributed by atoms with Gasteiger partial charge in [0.15, 0.2) is 0 Å². The van der Waals surface area contributed by atoms with Crippen LogP contribution in [0.2, 0.25) is 0 Å². The van der Waals surface area contributed by atoms with Crippen molar-refractivity contribution in [2.24, 2.45) is 0 Å². The van der Waals surface area contributed by atoms with Crippen LogP contribution in [-0.2, 0) is 24.2 Å². The summed E-state index contributed by atoms with van der Waals surface area (Å²) in [6.45, 7) is 2.52. The lowest BCUT2D eigenvalue weighted by Crippen LogP contribution is -2.23.